The molecule has 4 aromatic rings. The molecule has 9 heteroatoms. The fourth-order valence-corrected chi connectivity index (χ4v) is 5.20. The Morgan fingerprint density at radius 3 is 2.68 bits per heavy atom. The van der Waals surface area contributed by atoms with E-state index in [-0.39, 0.29) is 0 Å². The molecule has 7 nitrogen and oxygen atoms in total. The van der Waals surface area contributed by atoms with E-state index in [0.717, 1.165) is 65.5 Å². The molecule has 1 saturated heterocycles. The number of aromatic nitrogens is 4. The van der Waals surface area contributed by atoms with Crippen LogP contribution < -0.4 is 5.32 Å². The van der Waals surface area contributed by atoms with Crippen molar-refractivity contribution in [1.29, 1.82) is 5.26 Å². The van der Waals surface area contributed by atoms with Crippen LogP contribution in [-0.4, -0.2) is 49.3 Å². The number of anilines is 1. The van der Waals surface area contributed by atoms with Gasteiger partial charge in [-0.1, -0.05) is 35.7 Å². The lowest BCUT2D eigenvalue weighted by molar-refractivity contribution is 0.359. The predicted molar refractivity (Wildman–Crippen MR) is 138 cm³/mol. The number of nitriles is 1. The summed E-state index contributed by atoms with van der Waals surface area (Å²) < 4.78 is 4.18. The molecule has 0 unspecified atom stereocenters. The lowest BCUT2D eigenvalue weighted by atomic mass is 10.00. The summed E-state index contributed by atoms with van der Waals surface area (Å²) in [6, 6.07) is 15.8. The van der Waals surface area contributed by atoms with E-state index in [1.54, 1.807) is 22.5 Å². The van der Waals surface area contributed by atoms with Crippen LogP contribution in [-0.2, 0) is 0 Å². The molecule has 1 aromatic carbocycles. The average molecular weight is 490 g/mol. The number of benzene rings is 1. The number of nitrogens with zero attached hydrogens (tertiary/aromatic N) is 6. The molecule has 4 heterocycles. The van der Waals surface area contributed by atoms with E-state index in [9.17, 15) is 5.26 Å². The topological polar surface area (TPSA) is 82.1 Å². The standard InChI is InChI=1S/C25H24ClN7S/c1-16-12-19(14-21(26)28-16)23-24(18-5-3-4-17(13-18)15-27)31-33-11-8-22(30-25(23)33)29-20-6-9-32(34-2)10-7-20/h3-5,8,11-14,20H,6-7,9-10H2,1-2H3,(H,29,30). The summed E-state index contributed by atoms with van der Waals surface area (Å²) in [5.41, 5.74) is 5.47. The summed E-state index contributed by atoms with van der Waals surface area (Å²) >= 11 is 8.13. The van der Waals surface area contributed by atoms with Crippen molar-refractivity contribution < 1.29 is 0 Å². The first-order chi connectivity index (χ1) is 16.5. The second-order valence-corrected chi connectivity index (χ2v) is 9.62. The van der Waals surface area contributed by atoms with Crippen molar-refractivity contribution in [3.8, 4) is 28.5 Å². The molecule has 0 saturated carbocycles. The number of rotatable bonds is 5. The van der Waals surface area contributed by atoms with Gasteiger partial charge in [-0.25, -0.2) is 14.5 Å². The molecule has 0 spiro atoms. The number of piperidine rings is 1. The Morgan fingerprint density at radius 1 is 1.12 bits per heavy atom. The number of fused-ring (bicyclic) bond motifs is 1. The quantitative estimate of drug-likeness (QED) is 0.295. The summed E-state index contributed by atoms with van der Waals surface area (Å²) in [5, 5.41) is 18.3. The van der Waals surface area contributed by atoms with Gasteiger partial charge >= 0.3 is 0 Å². The molecule has 1 N–H and O–H groups in total. The van der Waals surface area contributed by atoms with Crippen LogP contribution in [0.2, 0.25) is 5.15 Å². The Bertz CT molecular complexity index is 1370. The van der Waals surface area contributed by atoms with E-state index in [4.69, 9.17) is 21.7 Å². The molecule has 172 valence electrons. The van der Waals surface area contributed by atoms with Crippen molar-refractivity contribution in [3.63, 3.8) is 0 Å². The Morgan fingerprint density at radius 2 is 1.94 bits per heavy atom. The Balaban J connectivity index is 1.61. The van der Waals surface area contributed by atoms with Crippen LogP contribution in [0.15, 0.2) is 48.7 Å². The smallest absolute Gasteiger partial charge is 0.165 e. The maximum atomic E-state index is 9.41. The Labute approximate surface area is 207 Å². The van der Waals surface area contributed by atoms with Crippen LogP contribution in [0.25, 0.3) is 28.0 Å². The first kappa shape index (κ1) is 22.7. The molecule has 1 aliphatic rings. The minimum absolute atomic E-state index is 0.383. The fourth-order valence-electron chi connectivity index (χ4n) is 4.38. The van der Waals surface area contributed by atoms with E-state index >= 15 is 0 Å². The number of hydrogen-bond donors (Lipinski definition) is 1. The van der Waals surface area contributed by atoms with E-state index in [0.29, 0.717) is 16.8 Å². The van der Waals surface area contributed by atoms with Crippen molar-refractivity contribution in [3.05, 3.63) is 65.1 Å². The fraction of sp³-hybridized carbons (Fsp3) is 0.280. The largest absolute Gasteiger partial charge is 0.367 e. The zero-order valence-electron chi connectivity index (χ0n) is 19.0. The highest BCUT2D eigenvalue weighted by atomic mass is 35.5. The van der Waals surface area contributed by atoms with Gasteiger partial charge in [-0.3, -0.25) is 4.31 Å². The van der Waals surface area contributed by atoms with Crippen LogP contribution in [0.5, 0.6) is 0 Å². The Hall–Kier alpha value is -3.12. The van der Waals surface area contributed by atoms with E-state index in [2.05, 4.69) is 26.9 Å². The van der Waals surface area contributed by atoms with Gasteiger partial charge in [-0.05, 0) is 61.9 Å². The molecule has 0 amide bonds. The van der Waals surface area contributed by atoms with Gasteiger partial charge in [-0.15, -0.1) is 0 Å². The molecule has 34 heavy (non-hydrogen) atoms. The van der Waals surface area contributed by atoms with Gasteiger partial charge in [0.25, 0.3) is 0 Å². The van der Waals surface area contributed by atoms with Crippen molar-refractivity contribution in [2.24, 2.45) is 0 Å². The molecule has 1 aliphatic heterocycles. The molecular weight excluding hydrogens is 466 g/mol. The van der Waals surface area contributed by atoms with Crippen LogP contribution in [0, 0.1) is 18.3 Å². The van der Waals surface area contributed by atoms with E-state index < -0.39 is 0 Å². The second kappa shape index (κ2) is 9.63. The Kier molecular flexibility index (Phi) is 6.42. The monoisotopic (exact) mass is 489 g/mol. The van der Waals surface area contributed by atoms with E-state index in [1.165, 1.54) is 0 Å². The first-order valence-electron chi connectivity index (χ1n) is 11.1. The third kappa shape index (κ3) is 4.60. The van der Waals surface area contributed by atoms with Gasteiger partial charge in [0, 0.05) is 36.6 Å². The second-order valence-electron chi connectivity index (χ2n) is 8.35. The van der Waals surface area contributed by atoms with Crippen molar-refractivity contribution >= 4 is 35.0 Å². The van der Waals surface area contributed by atoms with E-state index in [1.807, 2.05) is 49.5 Å². The summed E-state index contributed by atoms with van der Waals surface area (Å²) in [7, 11) is 0. The SMILES string of the molecule is CSN1CCC(Nc2ccn3nc(-c4cccc(C#N)c4)c(-c4cc(C)nc(Cl)c4)c3n2)CC1. The minimum atomic E-state index is 0.383. The number of nitrogens with one attached hydrogen (secondary N) is 1. The molecule has 0 aliphatic carbocycles. The van der Waals surface area contributed by atoms with Gasteiger partial charge in [0.1, 0.15) is 16.7 Å². The lowest BCUT2D eigenvalue weighted by Crippen LogP contribution is -2.35. The minimum Gasteiger partial charge on any atom is -0.367 e. The number of aryl methyl sites for hydroxylation is 1. The normalized spacial score (nSPS) is 14.9. The lowest BCUT2D eigenvalue weighted by Gasteiger charge is -2.30. The van der Waals surface area contributed by atoms with Crippen molar-refractivity contribution in [2.45, 2.75) is 25.8 Å². The van der Waals surface area contributed by atoms with Crippen molar-refractivity contribution in [2.75, 3.05) is 24.7 Å². The van der Waals surface area contributed by atoms with Gasteiger partial charge < -0.3 is 5.32 Å². The third-order valence-corrected chi connectivity index (χ3v) is 7.10. The average Bonchev–Trinajstić information content (AvgIpc) is 3.23. The summed E-state index contributed by atoms with van der Waals surface area (Å²) in [4.78, 5) is 9.29. The molecule has 0 bridgehead atoms. The zero-order chi connectivity index (χ0) is 23.7. The third-order valence-electron chi connectivity index (χ3n) is 6.03. The summed E-state index contributed by atoms with van der Waals surface area (Å²) in [6.45, 7) is 4.04. The van der Waals surface area contributed by atoms with Crippen LogP contribution in [0.4, 0.5) is 5.82 Å². The highest BCUT2D eigenvalue weighted by molar-refractivity contribution is 7.96. The molecular formula is C25H24ClN7S. The number of pyridine rings is 1. The molecule has 5 rings (SSSR count). The van der Waals surface area contributed by atoms with Gasteiger partial charge in [0.2, 0.25) is 0 Å². The maximum absolute atomic E-state index is 9.41. The molecule has 1 fully saturated rings. The van der Waals surface area contributed by atoms with Crippen molar-refractivity contribution in [1.82, 2.24) is 23.9 Å². The summed E-state index contributed by atoms with van der Waals surface area (Å²) in [6.07, 6.45) is 6.20. The molecule has 0 radical (unpaired) electrons. The number of hydrogen-bond acceptors (Lipinski definition) is 7. The van der Waals surface area contributed by atoms with Gasteiger partial charge in [0.05, 0.1) is 17.2 Å². The van der Waals surface area contributed by atoms with Crippen LogP contribution in [0.1, 0.15) is 24.1 Å². The maximum Gasteiger partial charge on any atom is 0.165 e. The van der Waals surface area contributed by atoms with Crippen LogP contribution in [0.3, 0.4) is 0 Å². The molecule has 0 atom stereocenters. The van der Waals surface area contributed by atoms with Gasteiger partial charge in [0.15, 0.2) is 5.65 Å². The zero-order valence-corrected chi connectivity index (χ0v) is 20.6. The number of halogens is 1. The van der Waals surface area contributed by atoms with Gasteiger partial charge in [-0.2, -0.15) is 10.4 Å². The molecule has 3 aromatic heterocycles. The summed E-state index contributed by atoms with van der Waals surface area (Å²) in [5.74, 6) is 0.824. The first-order valence-corrected chi connectivity index (χ1v) is 12.7. The highest BCUT2D eigenvalue weighted by Crippen LogP contribution is 2.36. The van der Waals surface area contributed by atoms with Crippen LogP contribution >= 0.6 is 23.5 Å². The highest BCUT2D eigenvalue weighted by Gasteiger charge is 2.22. The predicted octanol–water partition coefficient (Wildman–Crippen LogP) is 5.45.